The van der Waals surface area contributed by atoms with Gasteiger partial charge >= 0.3 is 11.9 Å². The molecule has 0 amide bonds. The Morgan fingerprint density at radius 2 is 1.52 bits per heavy atom. The highest BCUT2D eigenvalue weighted by Gasteiger charge is 2.22. The van der Waals surface area contributed by atoms with Crippen molar-refractivity contribution in [3.05, 3.63) is 50.7 Å². The van der Waals surface area contributed by atoms with Crippen LogP contribution in [-0.2, 0) is 9.59 Å². The molecule has 0 unspecified atom stereocenters. The minimum Gasteiger partial charge on any atom is -0.477 e. The van der Waals surface area contributed by atoms with E-state index in [0.717, 1.165) is 4.24 Å². The van der Waals surface area contributed by atoms with Crippen LogP contribution in [0, 0.1) is 0 Å². The first-order valence-corrected chi connectivity index (χ1v) is 8.50. The van der Waals surface area contributed by atoms with E-state index < -0.39 is 17.5 Å². The number of rotatable bonds is 6. The average Bonchev–Trinajstić information content (AvgIpc) is 2.43. The van der Waals surface area contributed by atoms with E-state index in [9.17, 15) is 19.8 Å². The number of allylic oxidation sites excluding steroid dienone is 2. The van der Waals surface area contributed by atoms with Crippen molar-refractivity contribution in [3.63, 3.8) is 0 Å². The fourth-order valence-corrected chi connectivity index (χ4v) is 2.83. The van der Waals surface area contributed by atoms with E-state index in [2.05, 4.69) is 0 Å². The molecular weight excluding hydrogens is 332 g/mol. The third-order valence-electron chi connectivity index (χ3n) is 2.52. The standard InChI is InChI=1S/C14H13ClO4S2/c1-20-11(21-2)7-10(12(13(16)17)14(18)19)8-3-5-9(15)6-4-8/h3-7H,1-2H3,(H,16,17)(H,18,19). The van der Waals surface area contributed by atoms with Gasteiger partial charge in [0, 0.05) is 14.8 Å². The van der Waals surface area contributed by atoms with Crippen LogP contribution in [0.25, 0.3) is 5.57 Å². The lowest BCUT2D eigenvalue weighted by Crippen LogP contribution is -2.13. The van der Waals surface area contributed by atoms with Crippen LogP contribution < -0.4 is 0 Å². The van der Waals surface area contributed by atoms with Gasteiger partial charge in [0.2, 0.25) is 0 Å². The minimum absolute atomic E-state index is 0.144. The highest BCUT2D eigenvalue weighted by atomic mass is 35.5. The van der Waals surface area contributed by atoms with Crippen molar-refractivity contribution in [1.29, 1.82) is 0 Å². The molecule has 1 rings (SSSR count). The summed E-state index contributed by atoms with van der Waals surface area (Å²) in [5.41, 5.74) is -0.0388. The number of thioether (sulfide) groups is 2. The summed E-state index contributed by atoms with van der Waals surface area (Å²) < 4.78 is 0.806. The first-order valence-electron chi connectivity index (χ1n) is 5.67. The Kier molecular flexibility index (Phi) is 6.87. The van der Waals surface area contributed by atoms with Gasteiger partial charge in [0.1, 0.15) is 0 Å². The SMILES string of the molecule is CSC(=CC(=C(C(=O)O)C(=O)O)c1ccc(Cl)cc1)SC. The van der Waals surface area contributed by atoms with Crippen LogP contribution in [-0.4, -0.2) is 34.7 Å². The second-order valence-electron chi connectivity index (χ2n) is 3.78. The lowest BCUT2D eigenvalue weighted by molar-refractivity contribution is -0.140. The molecule has 7 heteroatoms. The Morgan fingerprint density at radius 3 is 1.90 bits per heavy atom. The molecule has 0 aliphatic carbocycles. The van der Waals surface area contributed by atoms with E-state index in [-0.39, 0.29) is 5.57 Å². The molecule has 0 spiro atoms. The van der Waals surface area contributed by atoms with Gasteiger partial charge in [-0.1, -0.05) is 23.7 Å². The van der Waals surface area contributed by atoms with Crippen molar-refractivity contribution < 1.29 is 19.8 Å². The molecule has 0 saturated heterocycles. The number of carboxylic acids is 2. The summed E-state index contributed by atoms with van der Waals surface area (Å²) in [5, 5.41) is 18.9. The van der Waals surface area contributed by atoms with Crippen LogP contribution in [0.1, 0.15) is 5.56 Å². The predicted molar refractivity (Wildman–Crippen MR) is 88.8 cm³/mol. The topological polar surface area (TPSA) is 74.6 Å². The molecular formula is C14H13ClO4S2. The number of hydrogen-bond acceptors (Lipinski definition) is 4. The van der Waals surface area contributed by atoms with Gasteiger partial charge in [-0.3, -0.25) is 0 Å². The van der Waals surface area contributed by atoms with Crippen LogP contribution in [0.5, 0.6) is 0 Å². The highest BCUT2D eigenvalue weighted by molar-refractivity contribution is 8.21. The predicted octanol–water partition coefficient (Wildman–Crippen LogP) is 3.83. The van der Waals surface area contributed by atoms with Crippen LogP contribution in [0.3, 0.4) is 0 Å². The number of halogens is 1. The van der Waals surface area contributed by atoms with Crippen LogP contribution in [0.2, 0.25) is 5.02 Å². The Balaban J connectivity index is 3.60. The molecule has 1 aromatic carbocycles. The normalized spacial score (nSPS) is 9.86. The van der Waals surface area contributed by atoms with E-state index in [0.29, 0.717) is 10.6 Å². The van der Waals surface area contributed by atoms with E-state index >= 15 is 0 Å². The van der Waals surface area contributed by atoms with E-state index in [1.807, 2.05) is 12.5 Å². The fraction of sp³-hybridized carbons (Fsp3) is 0.143. The number of benzene rings is 1. The maximum absolute atomic E-state index is 11.3. The summed E-state index contributed by atoms with van der Waals surface area (Å²) in [4.78, 5) is 22.5. The summed E-state index contributed by atoms with van der Waals surface area (Å²) >= 11 is 8.64. The van der Waals surface area contributed by atoms with Crippen LogP contribution in [0.4, 0.5) is 0 Å². The molecule has 21 heavy (non-hydrogen) atoms. The molecule has 1 aromatic rings. The van der Waals surface area contributed by atoms with Crippen molar-refractivity contribution in [2.24, 2.45) is 0 Å². The number of hydrogen-bond donors (Lipinski definition) is 2. The van der Waals surface area contributed by atoms with Gasteiger partial charge in [-0.15, -0.1) is 23.5 Å². The van der Waals surface area contributed by atoms with Crippen molar-refractivity contribution in [2.45, 2.75) is 0 Å². The lowest BCUT2D eigenvalue weighted by atomic mass is 10.00. The zero-order chi connectivity index (χ0) is 16.0. The maximum atomic E-state index is 11.3. The monoisotopic (exact) mass is 344 g/mol. The maximum Gasteiger partial charge on any atom is 0.343 e. The van der Waals surface area contributed by atoms with Crippen LogP contribution in [0.15, 0.2) is 40.2 Å². The average molecular weight is 345 g/mol. The lowest BCUT2D eigenvalue weighted by Gasteiger charge is -2.09. The quantitative estimate of drug-likeness (QED) is 0.353. The van der Waals surface area contributed by atoms with Crippen LogP contribution >= 0.6 is 35.1 Å². The second-order valence-corrected chi connectivity index (χ2v) is 6.17. The van der Waals surface area contributed by atoms with E-state index in [1.165, 1.54) is 23.5 Å². The second kappa shape index (κ2) is 8.17. The highest BCUT2D eigenvalue weighted by Crippen LogP contribution is 2.31. The molecule has 2 N–H and O–H groups in total. The molecule has 0 aliphatic heterocycles. The van der Waals surface area contributed by atoms with Gasteiger partial charge in [0.05, 0.1) is 0 Å². The van der Waals surface area contributed by atoms with Gasteiger partial charge in [0.15, 0.2) is 5.57 Å². The largest absolute Gasteiger partial charge is 0.477 e. The van der Waals surface area contributed by atoms with Crippen molar-refractivity contribution in [3.8, 4) is 0 Å². The Bertz CT molecular complexity index is 584. The van der Waals surface area contributed by atoms with E-state index in [4.69, 9.17) is 11.6 Å². The summed E-state index contributed by atoms with van der Waals surface area (Å²) in [6, 6.07) is 6.37. The van der Waals surface area contributed by atoms with Gasteiger partial charge in [-0.2, -0.15) is 0 Å². The van der Waals surface area contributed by atoms with Crippen molar-refractivity contribution >= 4 is 52.6 Å². The fourth-order valence-electron chi connectivity index (χ4n) is 1.57. The zero-order valence-corrected chi connectivity index (χ0v) is 13.7. The first kappa shape index (κ1) is 17.7. The van der Waals surface area contributed by atoms with E-state index in [1.54, 1.807) is 30.3 Å². The number of carboxylic acid groups (broad SMARTS) is 2. The molecule has 112 valence electrons. The molecule has 0 heterocycles. The van der Waals surface area contributed by atoms with Gasteiger partial charge in [-0.25, -0.2) is 9.59 Å². The molecule has 0 fully saturated rings. The molecule has 0 saturated carbocycles. The third kappa shape index (κ3) is 4.84. The summed E-state index contributed by atoms with van der Waals surface area (Å²) in [6.07, 6.45) is 5.24. The number of aliphatic carboxylic acids is 2. The van der Waals surface area contributed by atoms with Gasteiger partial charge in [0.25, 0.3) is 0 Å². The first-order chi connectivity index (χ1) is 9.90. The summed E-state index contributed by atoms with van der Waals surface area (Å²) in [5.74, 6) is -2.96. The Hall–Kier alpha value is -1.37. The third-order valence-corrected chi connectivity index (χ3v) is 4.81. The smallest absolute Gasteiger partial charge is 0.343 e. The molecule has 0 aliphatic rings. The van der Waals surface area contributed by atoms with Gasteiger partial charge < -0.3 is 10.2 Å². The molecule has 0 aromatic heterocycles. The Labute approximate surface area is 135 Å². The summed E-state index contributed by atoms with van der Waals surface area (Å²) in [6.45, 7) is 0. The zero-order valence-electron chi connectivity index (χ0n) is 11.3. The number of carbonyl (C=O) groups is 2. The summed E-state index contributed by atoms with van der Waals surface area (Å²) in [7, 11) is 0. The van der Waals surface area contributed by atoms with Gasteiger partial charge in [-0.05, 0) is 36.3 Å². The van der Waals surface area contributed by atoms with Crippen molar-refractivity contribution in [2.75, 3.05) is 12.5 Å². The molecule has 0 radical (unpaired) electrons. The van der Waals surface area contributed by atoms with Crippen molar-refractivity contribution in [1.82, 2.24) is 0 Å². The molecule has 0 atom stereocenters. The Morgan fingerprint density at radius 1 is 1.05 bits per heavy atom. The minimum atomic E-state index is -1.48. The molecule has 4 nitrogen and oxygen atoms in total. The molecule has 0 bridgehead atoms.